The standard InChI is InChI=1S/C25H33N/c1-16-7-8-20-18(9-16)19-12-22(2,3)10-17-11-24(6)13-23(4,5)14-25(15-24,26-20)21(17)19/h7-9,11,26H,10,12-15H2,1-6H3. The smallest absolute Gasteiger partial charge is 0.0644 e. The summed E-state index contributed by atoms with van der Waals surface area (Å²) in [5.41, 5.74) is 10.3. The zero-order chi connectivity index (χ0) is 18.5. The van der Waals surface area contributed by atoms with E-state index in [0.29, 0.717) is 16.2 Å². The van der Waals surface area contributed by atoms with Crippen molar-refractivity contribution in [3.8, 4) is 0 Å². The molecule has 1 saturated carbocycles. The number of rotatable bonds is 0. The van der Waals surface area contributed by atoms with Crippen molar-refractivity contribution in [3.63, 3.8) is 0 Å². The zero-order valence-electron chi connectivity index (χ0n) is 17.3. The average Bonchev–Trinajstić information content (AvgIpc) is 2.43. The predicted octanol–water partition coefficient (Wildman–Crippen LogP) is 6.89. The van der Waals surface area contributed by atoms with Crippen LogP contribution in [0.4, 0.5) is 5.69 Å². The van der Waals surface area contributed by atoms with E-state index in [0.717, 1.165) is 0 Å². The molecule has 2 unspecified atom stereocenters. The van der Waals surface area contributed by atoms with E-state index in [4.69, 9.17) is 0 Å². The summed E-state index contributed by atoms with van der Waals surface area (Å²) in [6.45, 7) is 14.6. The molecule has 3 aliphatic carbocycles. The van der Waals surface area contributed by atoms with Gasteiger partial charge in [-0.3, -0.25) is 0 Å². The van der Waals surface area contributed by atoms with Crippen LogP contribution in [-0.4, -0.2) is 5.54 Å². The molecule has 2 atom stereocenters. The quantitative estimate of drug-likeness (QED) is 0.539. The van der Waals surface area contributed by atoms with Gasteiger partial charge >= 0.3 is 0 Å². The van der Waals surface area contributed by atoms with Gasteiger partial charge in [-0.15, -0.1) is 0 Å². The predicted molar refractivity (Wildman–Crippen MR) is 111 cm³/mol. The van der Waals surface area contributed by atoms with Crippen molar-refractivity contribution >= 4 is 11.3 Å². The summed E-state index contributed by atoms with van der Waals surface area (Å²) in [6.07, 6.45) is 8.92. The van der Waals surface area contributed by atoms with Gasteiger partial charge in [0.2, 0.25) is 0 Å². The SMILES string of the molecule is Cc1ccc2c(c1)C1=C3C(=CC4(C)CC(C)(C)CC3(C4)N2)CC(C)(C)C1. The van der Waals surface area contributed by atoms with E-state index in [2.05, 4.69) is 71.1 Å². The minimum absolute atomic E-state index is 0.134. The van der Waals surface area contributed by atoms with Crippen LogP contribution >= 0.6 is 0 Å². The minimum Gasteiger partial charge on any atom is -0.375 e. The van der Waals surface area contributed by atoms with Gasteiger partial charge in [0.25, 0.3) is 0 Å². The third-order valence-corrected chi connectivity index (χ3v) is 7.19. The number of aryl methyl sites for hydroxylation is 1. The Labute approximate surface area is 159 Å². The Morgan fingerprint density at radius 1 is 0.885 bits per heavy atom. The van der Waals surface area contributed by atoms with Gasteiger partial charge in [0.15, 0.2) is 0 Å². The minimum atomic E-state index is 0.134. The van der Waals surface area contributed by atoms with Gasteiger partial charge in [-0.1, -0.05) is 52.3 Å². The van der Waals surface area contributed by atoms with Gasteiger partial charge in [0.1, 0.15) is 0 Å². The third kappa shape index (κ3) is 2.28. The topological polar surface area (TPSA) is 12.0 Å². The molecule has 1 fully saturated rings. The molecule has 1 aromatic rings. The largest absolute Gasteiger partial charge is 0.375 e. The first-order valence-electron chi connectivity index (χ1n) is 10.4. The Kier molecular flexibility index (Phi) is 2.99. The molecule has 1 aromatic carbocycles. The van der Waals surface area contributed by atoms with Gasteiger partial charge in [0, 0.05) is 11.3 Å². The molecule has 1 spiro atoms. The number of nitrogens with one attached hydrogen (secondary N) is 1. The summed E-state index contributed by atoms with van der Waals surface area (Å²) in [5, 5.41) is 4.11. The normalized spacial score (nSPS) is 35.8. The number of benzene rings is 1. The fourth-order valence-corrected chi connectivity index (χ4v) is 7.29. The van der Waals surface area contributed by atoms with E-state index in [9.17, 15) is 0 Å². The average molecular weight is 348 g/mol. The van der Waals surface area contributed by atoms with E-state index >= 15 is 0 Å². The van der Waals surface area contributed by atoms with Crippen molar-refractivity contribution in [1.29, 1.82) is 0 Å². The van der Waals surface area contributed by atoms with Crippen LogP contribution < -0.4 is 5.32 Å². The number of hydrogen-bond acceptors (Lipinski definition) is 1. The highest BCUT2D eigenvalue weighted by Crippen LogP contribution is 2.65. The lowest BCUT2D eigenvalue weighted by Gasteiger charge is -2.61. The highest BCUT2D eigenvalue weighted by Gasteiger charge is 2.57. The van der Waals surface area contributed by atoms with Gasteiger partial charge < -0.3 is 5.32 Å². The number of hydrogen-bond donors (Lipinski definition) is 1. The number of allylic oxidation sites excluding steroid dienone is 2. The van der Waals surface area contributed by atoms with Crippen molar-refractivity contribution in [1.82, 2.24) is 0 Å². The Balaban J connectivity index is 1.83. The number of anilines is 1. The van der Waals surface area contributed by atoms with Gasteiger partial charge in [-0.05, 0) is 84.1 Å². The lowest BCUT2D eigenvalue weighted by Crippen LogP contribution is -2.57. The van der Waals surface area contributed by atoms with Crippen LogP contribution in [-0.2, 0) is 0 Å². The summed E-state index contributed by atoms with van der Waals surface area (Å²) < 4.78 is 0. The van der Waals surface area contributed by atoms with E-state index < -0.39 is 0 Å². The fraction of sp³-hybridized carbons (Fsp3) is 0.600. The molecule has 0 aromatic heterocycles. The van der Waals surface area contributed by atoms with Crippen LogP contribution in [0.15, 0.2) is 35.4 Å². The highest BCUT2D eigenvalue weighted by atomic mass is 15.0. The van der Waals surface area contributed by atoms with Gasteiger partial charge in [-0.2, -0.15) is 0 Å². The molecule has 1 heterocycles. The molecule has 26 heavy (non-hydrogen) atoms. The van der Waals surface area contributed by atoms with Gasteiger partial charge in [-0.25, -0.2) is 0 Å². The summed E-state index contributed by atoms with van der Waals surface area (Å²) in [7, 11) is 0. The fourth-order valence-electron chi connectivity index (χ4n) is 7.29. The Hall–Kier alpha value is -1.50. The number of fused-ring (bicyclic) bond motifs is 3. The molecular weight excluding hydrogens is 314 g/mol. The zero-order valence-corrected chi connectivity index (χ0v) is 17.3. The second-order valence-electron chi connectivity index (χ2n) is 11.6. The Morgan fingerprint density at radius 2 is 1.65 bits per heavy atom. The molecule has 1 N–H and O–H groups in total. The second-order valence-corrected chi connectivity index (χ2v) is 11.6. The molecule has 1 nitrogen and oxygen atoms in total. The monoisotopic (exact) mass is 347 g/mol. The van der Waals surface area contributed by atoms with E-state index in [1.807, 2.05) is 0 Å². The summed E-state index contributed by atoms with van der Waals surface area (Å²) >= 11 is 0. The molecule has 1 aliphatic heterocycles. The second kappa shape index (κ2) is 4.66. The summed E-state index contributed by atoms with van der Waals surface area (Å²) in [6, 6.07) is 7.02. The van der Waals surface area contributed by atoms with Crippen molar-refractivity contribution in [3.05, 3.63) is 46.5 Å². The maximum absolute atomic E-state index is 4.11. The van der Waals surface area contributed by atoms with Crippen LogP contribution in [0.2, 0.25) is 0 Å². The molecule has 0 saturated heterocycles. The van der Waals surface area contributed by atoms with E-state index in [-0.39, 0.29) is 5.54 Å². The molecule has 0 radical (unpaired) electrons. The first kappa shape index (κ1) is 16.7. The molecule has 0 amide bonds. The maximum Gasteiger partial charge on any atom is 0.0644 e. The molecule has 5 rings (SSSR count). The van der Waals surface area contributed by atoms with E-state index in [1.165, 1.54) is 48.9 Å². The molecular formula is C25H33N. The highest BCUT2D eigenvalue weighted by molar-refractivity contribution is 5.89. The van der Waals surface area contributed by atoms with Crippen LogP contribution in [0.5, 0.6) is 0 Å². The van der Waals surface area contributed by atoms with Crippen LogP contribution in [0.25, 0.3) is 5.57 Å². The van der Waals surface area contributed by atoms with Crippen molar-refractivity contribution < 1.29 is 0 Å². The summed E-state index contributed by atoms with van der Waals surface area (Å²) in [5.74, 6) is 0. The Morgan fingerprint density at radius 3 is 2.42 bits per heavy atom. The summed E-state index contributed by atoms with van der Waals surface area (Å²) in [4.78, 5) is 0. The first-order chi connectivity index (χ1) is 12.0. The molecule has 138 valence electrons. The molecule has 2 bridgehead atoms. The third-order valence-electron chi connectivity index (χ3n) is 7.19. The maximum atomic E-state index is 4.11. The van der Waals surface area contributed by atoms with Crippen LogP contribution in [0.1, 0.15) is 77.8 Å². The van der Waals surface area contributed by atoms with Crippen molar-refractivity contribution in [2.75, 3.05) is 5.32 Å². The lowest BCUT2D eigenvalue weighted by atomic mass is 9.48. The first-order valence-corrected chi connectivity index (χ1v) is 10.4. The van der Waals surface area contributed by atoms with Gasteiger partial charge in [0.05, 0.1) is 5.54 Å². The molecule has 1 heteroatoms. The Bertz CT molecular complexity index is 881. The van der Waals surface area contributed by atoms with Crippen LogP contribution in [0, 0.1) is 23.2 Å². The van der Waals surface area contributed by atoms with E-state index in [1.54, 1.807) is 16.7 Å². The molecule has 4 aliphatic rings. The lowest BCUT2D eigenvalue weighted by molar-refractivity contribution is 0.0837. The van der Waals surface area contributed by atoms with Crippen molar-refractivity contribution in [2.45, 2.75) is 79.2 Å². The van der Waals surface area contributed by atoms with Crippen LogP contribution in [0.3, 0.4) is 0 Å². The van der Waals surface area contributed by atoms with Crippen molar-refractivity contribution in [2.24, 2.45) is 16.2 Å².